The van der Waals surface area contributed by atoms with E-state index >= 15 is 0 Å². The summed E-state index contributed by atoms with van der Waals surface area (Å²) in [5.41, 5.74) is 1.63. The number of carbonyl (C=O) groups is 3. The molecule has 1 heterocycles. The number of hydrogen-bond donors (Lipinski definition) is 2. The molecule has 0 saturated carbocycles. The maximum absolute atomic E-state index is 12.0. The first kappa shape index (κ1) is 20.7. The number of methoxy groups -OCH3 is 2. The van der Waals surface area contributed by atoms with Crippen molar-refractivity contribution < 1.29 is 28.6 Å². The van der Waals surface area contributed by atoms with Crippen LogP contribution in [0.4, 0.5) is 5.69 Å². The molecular weight excluding hydrogens is 366 g/mol. The molecule has 0 unspecified atom stereocenters. The van der Waals surface area contributed by atoms with Gasteiger partial charge in [-0.25, -0.2) is 19.4 Å². The average Bonchev–Trinajstić information content (AvgIpc) is 3.08. The zero-order valence-electron chi connectivity index (χ0n) is 16.0. The van der Waals surface area contributed by atoms with E-state index in [4.69, 9.17) is 9.47 Å². The standard InChI is InChI=1S/C19H21N3O6/c1-5-28-19(25)16-11(2)20-17(22-16)12-8-6-7-9-13(12)21-14(18(24)27-4)10-15(23)26-3/h6-10,21H,5H2,1-4H3,(H,20,22)/b14-10+. The predicted molar refractivity (Wildman–Crippen MR) is 100 cm³/mol. The van der Waals surface area contributed by atoms with Gasteiger partial charge in [-0.15, -0.1) is 0 Å². The molecule has 28 heavy (non-hydrogen) atoms. The fourth-order valence-electron chi connectivity index (χ4n) is 2.36. The number of carbonyl (C=O) groups excluding carboxylic acids is 3. The zero-order chi connectivity index (χ0) is 20.7. The zero-order valence-corrected chi connectivity index (χ0v) is 16.0. The number of aromatic nitrogens is 2. The van der Waals surface area contributed by atoms with E-state index in [1.807, 2.05) is 0 Å². The number of nitrogens with one attached hydrogen (secondary N) is 2. The monoisotopic (exact) mass is 387 g/mol. The largest absolute Gasteiger partial charge is 0.466 e. The minimum atomic E-state index is -0.747. The number of imidazole rings is 1. The topological polar surface area (TPSA) is 120 Å². The molecular formula is C19H21N3O6. The first-order valence-corrected chi connectivity index (χ1v) is 8.39. The third-order valence-corrected chi connectivity index (χ3v) is 3.67. The highest BCUT2D eigenvalue weighted by Crippen LogP contribution is 2.28. The molecule has 9 nitrogen and oxygen atoms in total. The Labute approximate surface area is 161 Å². The molecule has 9 heteroatoms. The van der Waals surface area contributed by atoms with E-state index in [0.717, 1.165) is 6.08 Å². The SMILES string of the molecule is CCOC(=O)c1nc(-c2ccccc2N/C(=C/C(=O)OC)C(=O)OC)[nH]c1C. The number of para-hydroxylation sites is 1. The summed E-state index contributed by atoms with van der Waals surface area (Å²) < 4.78 is 14.3. The van der Waals surface area contributed by atoms with Crippen molar-refractivity contribution in [2.24, 2.45) is 0 Å². The molecule has 0 amide bonds. The third-order valence-electron chi connectivity index (χ3n) is 3.67. The van der Waals surface area contributed by atoms with Crippen LogP contribution in [0.15, 0.2) is 36.0 Å². The molecule has 0 spiro atoms. The van der Waals surface area contributed by atoms with Gasteiger partial charge in [0, 0.05) is 16.9 Å². The number of benzene rings is 1. The summed E-state index contributed by atoms with van der Waals surface area (Å²) in [5, 5.41) is 2.85. The van der Waals surface area contributed by atoms with Crippen LogP contribution in [0.3, 0.4) is 0 Å². The maximum atomic E-state index is 12.0. The van der Waals surface area contributed by atoms with Gasteiger partial charge < -0.3 is 24.5 Å². The van der Waals surface area contributed by atoms with Crippen LogP contribution in [0.25, 0.3) is 11.4 Å². The molecule has 0 bridgehead atoms. The Morgan fingerprint density at radius 3 is 2.54 bits per heavy atom. The van der Waals surface area contributed by atoms with Gasteiger partial charge in [-0.2, -0.15) is 0 Å². The Balaban J connectivity index is 2.44. The second kappa shape index (κ2) is 9.36. The number of nitrogens with zero attached hydrogens (tertiary/aromatic N) is 1. The van der Waals surface area contributed by atoms with Gasteiger partial charge >= 0.3 is 17.9 Å². The van der Waals surface area contributed by atoms with Crippen molar-refractivity contribution in [3.63, 3.8) is 0 Å². The maximum Gasteiger partial charge on any atom is 0.358 e. The number of H-pyrrole nitrogens is 1. The Morgan fingerprint density at radius 2 is 1.89 bits per heavy atom. The molecule has 148 valence electrons. The Bertz CT molecular complexity index is 916. The molecule has 0 radical (unpaired) electrons. The molecule has 0 atom stereocenters. The second-order valence-electron chi connectivity index (χ2n) is 5.52. The van der Waals surface area contributed by atoms with Crippen LogP contribution in [0.2, 0.25) is 0 Å². The first-order chi connectivity index (χ1) is 13.4. The molecule has 0 aliphatic carbocycles. The third kappa shape index (κ3) is 4.76. The molecule has 2 rings (SSSR count). The number of hydrogen-bond acceptors (Lipinski definition) is 8. The predicted octanol–water partition coefficient (Wildman–Crippen LogP) is 2.20. The van der Waals surface area contributed by atoms with Crippen LogP contribution in [-0.4, -0.2) is 48.7 Å². The van der Waals surface area contributed by atoms with Gasteiger partial charge in [-0.3, -0.25) is 0 Å². The van der Waals surface area contributed by atoms with E-state index in [2.05, 4.69) is 20.0 Å². The summed E-state index contributed by atoms with van der Waals surface area (Å²) >= 11 is 0. The number of ether oxygens (including phenoxy) is 3. The Hall–Kier alpha value is -3.62. The molecule has 1 aromatic carbocycles. The molecule has 2 aromatic rings. The van der Waals surface area contributed by atoms with Gasteiger partial charge in [-0.05, 0) is 26.0 Å². The number of aryl methyl sites for hydroxylation is 1. The van der Waals surface area contributed by atoms with Crippen LogP contribution >= 0.6 is 0 Å². The number of aromatic amines is 1. The average molecular weight is 387 g/mol. The number of anilines is 1. The van der Waals surface area contributed by atoms with Gasteiger partial charge in [0.15, 0.2) is 5.69 Å². The lowest BCUT2D eigenvalue weighted by Gasteiger charge is -2.12. The molecule has 2 N–H and O–H groups in total. The Kier molecular flexibility index (Phi) is 6.91. The molecule has 0 fully saturated rings. The smallest absolute Gasteiger partial charge is 0.358 e. The van der Waals surface area contributed by atoms with Crippen molar-refractivity contribution in [3.05, 3.63) is 47.4 Å². The highest BCUT2D eigenvalue weighted by atomic mass is 16.5. The molecule has 0 saturated heterocycles. The van der Waals surface area contributed by atoms with E-state index < -0.39 is 17.9 Å². The first-order valence-electron chi connectivity index (χ1n) is 8.39. The van der Waals surface area contributed by atoms with Gasteiger partial charge in [0.1, 0.15) is 11.5 Å². The van der Waals surface area contributed by atoms with E-state index in [1.54, 1.807) is 38.1 Å². The molecule has 0 aliphatic rings. The summed E-state index contributed by atoms with van der Waals surface area (Å²) in [7, 11) is 2.40. The van der Waals surface area contributed by atoms with Gasteiger partial charge in [0.2, 0.25) is 0 Å². The van der Waals surface area contributed by atoms with Crippen LogP contribution in [-0.2, 0) is 23.8 Å². The minimum Gasteiger partial charge on any atom is -0.466 e. The summed E-state index contributed by atoms with van der Waals surface area (Å²) in [4.78, 5) is 42.9. The van der Waals surface area contributed by atoms with E-state index in [9.17, 15) is 14.4 Å². The van der Waals surface area contributed by atoms with Crippen molar-refractivity contribution in [2.45, 2.75) is 13.8 Å². The van der Waals surface area contributed by atoms with Crippen LogP contribution in [0, 0.1) is 6.92 Å². The normalized spacial score (nSPS) is 10.9. The molecule has 0 aliphatic heterocycles. The Morgan fingerprint density at radius 1 is 1.18 bits per heavy atom. The highest BCUT2D eigenvalue weighted by Gasteiger charge is 2.20. The summed E-state index contributed by atoms with van der Waals surface area (Å²) in [6.45, 7) is 3.65. The summed E-state index contributed by atoms with van der Waals surface area (Å²) in [6.07, 6.45) is 0.986. The van der Waals surface area contributed by atoms with Gasteiger partial charge in [-0.1, -0.05) is 12.1 Å². The van der Waals surface area contributed by atoms with E-state index in [-0.39, 0.29) is 18.0 Å². The lowest BCUT2D eigenvalue weighted by Crippen LogP contribution is -2.16. The summed E-state index contributed by atoms with van der Waals surface area (Å²) in [5.74, 6) is -1.61. The van der Waals surface area contributed by atoms with Crippen molar-refractivity contribution in [3.8, 4) is 11.4 Å². The lowest BCUT2D eigenvalue weighted by molar-refractivity contribution is -0.138. The van der Waals surface area contributed by atoms with Gasteiger partial charge in [0.25, 0.3) is 0 Å². The lowest BCUT2D eigenvalue weighted by atomic mass is 10.1. The van der Waals surface area contributed by atoms with Crippen molar-refractivity contribution in [1.82, 2.24) is 9.97 Å². The van der Waals surface area contributed by atoms with Crippen molar-refractivity contribution in [2.75, 3.05) is 26.1 Å². The van der Waals surface area contributed by atoms with E-state index in [0.29, 0.717) is 22.8 Å². The number of esters is 3. The summed E-state index contributed by atoms with van der Waals surface area (Å²) in [6, 6.07) is 6.93. The van der Waals surface area contributed by atoms with Crippen LogP contribution < -0.4 is 5.32 Å². The van der Waals surface area contributed by atoms with Gasteiger partial charge in [0.05, 0.1) is 26.9 Å². The van der Waals surface area contributed by atoms with E-state index in [1.165, 1.54) is 14.2 Å². The highest BCUT2D eigenvalue weighted by molar-refractivity contribution is 5.99. The fourth-order valence-corrected chi connectivity index (χ4v) is 2.36. The quantitative estimate of drug-likeness (QED) is 0.422. The minimum absolute atomic E-state index is 0.115. The number of rotatable bonds is 7. The van der Waals surface area contributed by atoms with Crippen LogP contribution in [0.1, 0.15) is 23.1 Å². The fraction of sp³-hybridized carbons (Fsp3) is 0.263. The van der Waals surface area contributed by atoms with Crippen molar-refractivity contribution in [1.29, 1.82) is 0 Å². The van der Waals surface area contributed by atoms with Crippen LogP contribution in [0.5, 0.6) is 0 Å². The molecule has 1 aromatic heterocycles. The van der Waals surface area contributed by atoms with Crippen molar-refractivity contribution >= 4 is 23.6 Å². The second-order valence-corrected chi connectivity index (χ2v) is 5.52.